The number of nitrogens with zero attached hydrogens (tertiary/aromatic N) is 1. The standard InChI is InChI=1S/C31H35N3O6S/c1-22-18-25(41(37,38)33-24-12-6-3-7-13-24)16-17-27(22)39-21-30(35)34-20-29(40-28-15-9-8-14-26(28)34)31(36)32-19-23-10-4-2-5-11-23/h2,4-5,8-11,14-18,24,29,33H,3,6-7,12-13,19-21H2,1H3,(H,32,36)/t29-/m0/s1. The zero-order valence-corrected chi connectivity index (χ0v) is 23.9. The highest BCUT2D eigenvalue weighted by Gasteiger charge is 2.34. The van der Waals surface area contributed by atoms with Gasteiger partial charge in [-0.2, -0.15) is 0 Å². The molecular weight excluding hydrogens is 542 g/mol. The molecule has 1 atom stereocenters. The molecule has 3 aromatic rings. The average molecular weight is 578 g/mol. The average Bonchev–Trinajstić information content (AvgIpc) is 2.99. The number of hydrogen-bond acceptors (Lipinski definition) is 6. The van der Waals surface area contributed by atoms with Crippen LogP contribution in [0.2, 0.25) is 0 Å². The molecule has 2 amide bonds. The molecule has 0 aromatic heterocycles. The number of anilines is 1. The maximum atomic E-state index is 13.3. The molecule has 1 saturated carbocycles. The van der Waals surface area contributed by atoms with E-state index < -0.39 is 16.1 Å². The molecule has 0 saturated heterocycles. The predicted molar refractivity (Wildman–Crippen MR) is 155 cm³/mol. The summed E-state index contributed by atoms with van der Waals surface area (Å²) >= 11 is 0. The molecule has 1 aliphatic heterocycles. The number of amides is 2. The van der Waals surface area contributed by atoms with Crippen molar-refractivity contribution in [3.63, 3.8) is 0 Å². The Labute approximate surface area is 240 Å². The maximum absolute atomic E-state index is 13.3. The molecule has 0 radical (unpaired) electrons. The van der Waals surface area contributed by atoms with Crippen molar-refractivity contribution in [2.45, 2.75) is 62.6 Å². The highest BCUT2D eigenvalue weighted by atomic mass is 32.2. The van der Waals surface area contributed by atoms with E-state index in [1.807, 2.05) is 30.3 Å². The van der Waals surface area contributed by atoms with Crippen LogP contribution in [-0.4, -0.2) is 45.5 Å². The van der Waals surface area contributed by atoms with E-state index in [-0.39, 0.29) is 35.9 Å². The van der Waals surface area contributed by atoms with Crippen LogP contribution >= 0.6 is 0 Å². The van der Waals surface area contributed by atoms with Gasteiger partial charge in [0.05, 0.1) is 17.1 Å². The van der Waals surface area contributed by atoms with Gasteiger partial charge in [-0.05, 0) is 61.2 Å². The molecule has 5 rings (SSSR count). The number of aryl methyl sites for hydroxylation is 1. The Morgan fingerprint density at radius 3 is 2.46 bits per heavy atom. The molecule has 0 unspecified atom stereocenters. The van der Waals surface area contributed by atoms with E-state index in [0.29, 0.717) is 29.3 Å². The van der Waals surface area contributed by atoms with Crippen LogP contribution in [-0.2, 0) is 26.2 Å². The van der Waals surface area contributed by atoms with Crippen LogP contribution in [0.1, 0.15) is 43.2 Å². The molecule has 41 heavy (non-hydrogen) atoms. The number of carbonyl (C=O) groups is 2. The van der Waals surface area contributed by atoms with Gasteiger partial charge in [-0.15, -0.1) is 0 Å². The van der Waals surface area contributed by atoms with E-state index in [1.165, 1.54) is 11.0 Å². The summed E-state index contributed by atoms with van der Waals surface area (Å²) in [5, 5.41) is 2.88. The second kappa shape index (κ2) is 12.7. The van der Waals surface area contributed by atoms with Crippen molar-refractivity contribution in [2.75, 3.05) is 18.1 Å². The summed E-state index contributed by atoms with van der Waals surface area (Å²) in [7, 11) is -3.65. The topological polar surface area (TPSA) is 114 Å². The van der Waals surface area contributed by atoms with E-state index in [0.717, 1.165) is 37.7 Å². The SMILES string of the molecule is Cc1cc(S(=O)(=O)NC2CCCCC2)ccc1OCC(=O)N1C[C@@H](C(=O)NCc2ccccc2)Oc2ccccc21. The Hall–Kier alpha value is -3.89. The van der Waals surface area contributed by atoms with Crippen molar-refractivity contribution in [1.29, 1.82) is 0 Å². The third-order valence-electron chi connectivity index (χ3n) is 7.41. The minimum atomic E-state index is -3.65. The second-order valence-electron chi connectivity index (χ2n) is 10.5. The molecule has 1 fully saturated rings. The first-order valence-electron chi connectivity index (χ1n) is 13.9. The first kappa shape index (κ1) is 28.6. The molecule has 1 heterocycles. The summed E-state index contributed by atoms with van der Waals surface area (Å²) in [6.45, 7) is 1.83. The first-order chi connectivity index (χ1) is 19.8. The lowest BCUT2D eigenvalue weighted by molar-refractivity contribution is -0.128. The molecule has 216 valence electrons. The zero-order valence-electron chi connectivity index (χ0n) is 23.0. The molecule has 9 nitrogen and oxygen atoms in total. The van der Waals surface area contributed by atoms with Gasteiger partial charge in [-0.25, -0.2) is 13.1 Å². The lowest BCUT2D eigenvalue weighted by Gasteiger charge is -2.34. The number of benzene rings is 3. The highest BCUT2D eigenvalue weighted by Crippen LogP contribution is 2.33. The van der Waals surface area contributed by atoms with Crippen LogP contribution < -0.4 is 24.4 Å². The van der Waals surface area contributed by atoms with Gasteiger partial charge in [-0.1, -0.05) is 61.7 Å². The van der Waals surface area contributed by atoms with Crippen molar-refractivity contribution in [2.24, 2.45) is 0 Å². The number of ether oxygens (including phenoxy) is 2. The summed E-state index contributed by atoms with van der Waals surface area (Å²) in [6, 6.07) is 21.2. The van der Waals surface area contributed by atoms with Crippen molar-refractivity contribution in [3.05, 3.63) is 83.9 Å². The second-order valence-corrected chi connectivity index (χ2v) is 12.2. The summed E-state index contributed by atoms with van der Waals surface area (Å²) < 4.78 is 40.4. The molecule has 10 heteroatoms. The van der Waals surface area contributed by atoms with Crippen molar-refractivity contribution < 1.29 is 27.5 Å². The predicted octanol–water partition coefficient (Wildman–Crippen LogP) is 4.10. The number of rotatable bonds is 9. The first-order valence-corrected chi connectivity index (χ1v) is 15.4. The Kier molecular flexibility index (Phi) is 8.90. The number of fused-ring (bicyclic) bond motifs is 1. The quantitative estimate of drug-likeness (QED) is 0.396. The van der Waals surface area contributed by atoms with E-state index in [9.17, 15) is 18.0 Å². The summed E-state index contributed by atoms with van der Waals surface area (Å²) in [5.74, 6) is 0.171. The highest BCUT2D eigenvalue weighted by molar-refractivity contribution is 7.89. The van der Waals surface area contributed by atoms with Crippen LogP contribution in [0.3, 0.4) is 0 Å². The third-order valence-corrected chi connectivity index (χ3v) is 8.93. The van der Waals surface area contributed by atoms with Gasteiger partial charge >= 0.3 is 0 Å². The number of nitrogens with one attached hydrogen (secondary N) is 2. The van der Waals surface area contributed by atoms with Crippen molar-refractivity contribution in [3.8, 4) is 11.5 Å². The molecule has 0 spiro atoms. The molecular formula is C31H35N3O6S. The van der Waals surface area contributed by atoms with Crippen LogP contribution in [0, 0.1) is 6.92 Å². The van der Waals surface area contributed by atoms with Gasteiger partial charge in [0.1, 0.15) is 11.5 Å². The molecule has 2 N–H and O–H groups in total. The van der Waals surface area contributed by atoms with Crippen LogP contribution in [0.5, 0.6) is 11.5 Å². The fourth-order valence-electron chi connectivity index (χ4n) is 5.18. The minimum Gasteiger partial charge on any atom is -0.483 e. The Morgan fingerprint density at radius 1 is 0.976 bits per heavy atom. The number of carbonyl (C=O) groups excluding carboxylic acids is 2. The van der Waals surface area contributed by atoms with Gasteiger partial charge in [-0.3, -0.25) is 9.59 Å². The fraction of sp³-hybridized carbons (Fsp3) is 0.355. The summed E-state index contributed by atoms with van der Waals surface area (Å²) in [4.78, 5) is 28.0. The normalized spacial score (nSPS) is 17.3. The Bertz CT molecular complexity index is 1490. The van der Waals surface area contributed by atoms with E-state index >= 15 is 0 Å². The smallest absolute Gasteiger partial charge is 0.265 e. The Balaban J connectivity index is 1.23. The minimum absolute atomic E-state index is 0.0306. The number of sulfonamides is 1. The lowest BCUT2D eigenvalue weighted by atomic mass is 9.96. The van der Waals surface area contributed by atoms with Gasteiger partial charge in [0.25, 0.3) is 11.8 Å². The number of para-hydroxylation sites is 2. The molecule has 0 bridgehead atoms. The van der Waals surface area contributed by atoms with Crippen LogP contribution in [0.25, 0.3) is 0 Å². The third kappa shape index (κ3) is 7.07. The van der Waals surface area contributed by atoms with Gasteiger partial charge < -0.3 is 19.7 Å². The van der Waals surface area contributed by atoms with Crippen LogP contribution in [0.4, 0.5) is 5.69 Å². The summed E-state index contributed by atoms with van der Waals surface area (Å²) in [6.07, 6.45) is 4.00. The fourth-order valence-corrected chi connectivity index (χ4v) is 6.57. The van der Waals surface area contributed by atoms with Crippen LogP contribution in [0.15, 0.2) is 77.7 Å². The van der Waals surface area contributed by atoms with Crippen molar-refractivity contribution >= 4 is 27.5 Å². The van der Waals surface area contributed by atoms with Gasteiger partial charge in [0, 0.05) is 12.6 Å². The largest absolute Gasteiger partial charge is 0.483 e. The molecule has 1 aliphatic carbocycles. The lowest BCUT2D eigenvalue weighted by Crippen LogP contribution is -2.51. The van der Waals surface area contributed by atoms with E-state index in [4.69, 9.17) is 9.47 Å². The molecule has 3 aromatic carbocycles. The van der Waals surface area contributed by atoms with Gasteiger partial charge in [0.2, 0.25) is 10.0 Å². The number of hydrogen-bond donors (Lipinski definition) is 2. The zero-order chi connectivity index (χ0) is 28.8. The van der Waals surface area contributed by atoms with Gasteiger partial charge in [0.15, 0.2) is 12.7 Å². The Morgan fingerprint density at radius 2 is 1.71 bits per heavy atom. The van der Waals surface area contributed by atoms with Crippen molar-refractivity contribution in [1.82, 2.24) is 10.0 Å². The monoisotopic (exact) mass is 577 g/mol. The molecule has 2 aliphatic rings. The van der Waals surface area contributed by atoms with E-state index in [2.05, 4.69) is 10.0 Å². The van der Waals surface area contributed by atoms with E-state index in [1.54, 1.807) is 43.3 Å². The summed E-state index contributed by atoms with van der Waals surface area (Å²) in [5.41, 5.74) is 2.11. The maximum Gasteiger partial charge on any atom is 0.265 e.